The molecule has 4 heteroatoms. The van der Waals surface area contributed by atoms with Crippen molar-refractivity contribution in [3.63, 3.8) is 0 Å². The molecule has 0 atom stereocenters. The van der Waals surface area contributed by atoms with E-state index in [0.29, 0.717) is 17.9 Å². The highest BCUT2D eigenvalue weighted by Gasteiger charge is 2.16. The molecule has 0 spiro atoms. The van der Waals surface area contributed by atoms with Gasteiger partial charge in [0.2, 0.25) is 5.91 Å². The molecule has 2 aromatic rings. The van der Waals surface area contributed by atoms with Gasteiger partial charge in [0.25, 0.3) is 0 Å². The molecular formula is C14H18N2O2. The largest absolute Gasteiger partial charge is 0.441 e. The number of anilines is 1. The molecule has 0 fully saturated rings. The lowest BCUT2D eigenvalue weighted by molar-refractivity contribution is -0.117. The van der Waals surface area contributed by atoms with Crippen LogP contribution in [0.25, 0.3) is 11.1 Å². The zero-order valence-corrected chi connectivity index (χ0v) is 11.2. The van der Waals surface area contributed by atoms with Crippen LogP contribution in [0.15, 0.2) is 22.6 Å². The molecule has 0 bridgehead atoms. The number of amides is 1. The van der Waals surface area contributed by atoms with Crippen molar-refractivity contribution in [1.29, 1.82) is 0 Å². The van der Waals surface area contributed by atoms with Crippen LogP contribution in [0.4, 0.5) is 5.69 Å². The first kappa shape index (κ1) is 12.6. The molecule has 1 N–H and O–H groups in total. The van der Waals surface area contributed by atoms with Gasteiger partial charge in [0.05, 0.1) is 0 Å². The van der Waals surface area contributed by atoms with Gasteiger partial charge in [0.1, 0.15) is 5.52 Å². The number of hydrogen-bond acceptors (Lipinski definition) is 3. The Bertz CT molecular complexity index is 579. The molecule has 0 aliphatic rings. The monoisotopic (exact) mass is 246 g/mol. The molecule has 2 rings (SSSR count). The first-order chi connectivity index (χ1) is 8.33. The van der Waals surface area contributed by atoms with Crippen molar-refractivity contribution in [2.45, 2.75) is 34.1 Å². The Morgan fingerprint density at radius 3 is 2.78 bits per heavy atom. The van der Waals surface area contributed by atoms with Crippen LogP contribution in [0.5, 0.6) is 0 Å². The Hall–Kier alpha value is -1.84. The van der Waals surface area contributed by atoms with E-state index in [1.165, 1.54) is 0 Å². The summed E-state index contributed by atoms with van der Waals surface area (Å²) in [5, 5.41) is 2.87. The van der Waals surface area contributed by atoms with Gasteiger partial charge >= 0.3 is 0 Å². The fourth-order valence-electron chi connectivity index (χ4n) is 1.80. The first-order valence-corrected chi connectivity index (χ1v) is 6.00. The average molecular weight is 246 g/mol. The summed E-state index contributed by atoms with van der Waals surface area (Å²) in [7, 11) is 0. The predicted octanol–water partition coefficient (Wildman–Crippen LogP) is 3.51. The third-order valence-electron chi connectivity index (χ3n) is 2.47. The number of aryl methyl sites for hydroxylation is 1. The molecule has 0 radical (unpaired) electrons. The summed E-state index contributed by atoms with van der Waals surface area (Å²) in [5.41, 5.74) is 2.23. The summed E-state index contributed by atoms with van der Waals surface area (Å²) in [5.74, 6) is 0.640. The molecule has 96 valence electrons. The number of rotatable bonds is 2. The molecule has 1 amide bonds. The van der Waals surface area contributed by atoms with Gasteiger partial charge in [0.15, 0.2) is 11.5 Å². The van der Waals surface area contributed by atoms with Crippen LogP contribution in [0.2, 0.25) is 0 Å². The highest BCUT2D eigenvalue weighted by Crippen LogP contribution is 2.22. The van der Waals surface area contributed by atoms with Gasteiger partial charge in [-0.2, -0.15) is 0 Å². The van der Waals surface area contributed by atoms with Gasteiger partial charge < -0.3 is 9.73 Å². The number of fused-ring (bicyclic) bond motifs is 1. The van der Waals surface area contributed by atoms with Gasteiger partial charge in [-0.3, -0.25) is 4.79 Å². The van der Waals surface area contributed by atoms with E-state index < -0.39 is 0 Å². The summed E-state index contributed by atoms with van der Waals surface area (Å²) in [6.45, 7) is 7.92. The van der Waals surface area contributed by atoms with E-state index in [-0.39, 0.29) is 11.3 Å². The van der Waals surface area contributed by atoms with Crippen molar-refractivity contribution in [1.82, 2.24) is 4.98 Å². The minimum absolute atomic E-state index is 0.0121. The second kappa shape index (κ2) is 4.44. The number of nitrogens with zero attached hydrogens (tertiary/aromatic N) is 1. The third-order valence-corrected chi connectivity index (χ3v) is 2.47. The van der Waals surface area contributed by atoms with Crippen LogP contribution in [0.1, 0.15) is 33.1 Å². The highest BCUT2D eigenvalue weighted by atomic mass is 16.3. The number of oxazole rings is 1. The number of aromatic nitrogens is 1. The number of carbonyl (C=O) groups excluding carboxylic acids is 1. The average Bonchev–Trinajstić information content (AvgIpc) is 2.53. The van der Waals surface area contributed by atoms with Crippen LogP contribution >= 0.6 is 0 Å². The smallest absolute Gasteiger partial charge is 0.224 e. The molecule has 0 saturated heterocycles. The van der Waals surface area contributed by atoms with Crippen molar-refractivity contribution < 1.29 is 9.21 Å². The van der Waals surface area contributed by atoms with Gasteiger partial charge in [-0.15, -0.1) is 0 Å². The number of nitrogens with one attached hydrogen (secondary N) is 1. The molecule has 0 saturated carbocycles. The quantitative estimate of drug-likeness (QED) is 0.882. The molecule has 1 aromatic heterocycles. The van der Waals surface area contributed by atoms with Crippen LogP contribution in [0, 0.1) is 12.3 Å². The van der Waals surface area contributed by atoms with E-state index in [1.807, 2.05) is 32.9 Å². The number of carbonyl (C=O) groups is 1. The van der Waals surface area contributed by atoms with Crippen LogP contribution < -0.4 is 5.32 Å². The Balaban J connectivity index is 2.14. The number of hydrogen-bond donors (Lipinski definition) is 1. The Kier molecular flexibility index (Phi) is 3.11. The fourth-order valence-corrected chi connectivity index (χ4v) is 1.80. The molecule has 1 aromatic carbocycles. The fraction of sp³-hybridized carbons (Fsp3) is 0.429. The normalized spacial score (nSPS) is 11.8. The van der Waals surface area contributed by atoms with E-state index in [1.54, 1.807) is 13.0 Å². The topological polar surface area (TPSA) is 55.1 Å². The lowest BCUT2D eigenvalue weighted by atomic mass is 9.92. The maximum atomic E-state index is 11.8. The lowest BCUT2D eigenvalue weighted by Gasteiger charge is -2.17. The molecular weight excluding hydrogens is 228 g/mol. The predicted molar refractivity (Wildman–Crippen MR) is 71.4 cm³/mol. The van der Waals surface area contributed by atoms with Crippen LogP contribution in [-0.2, 0) is 4.79 Å². The van der Waals surface area contributed by atoms with Gasteiger partial charge in [-0.1, -0.05) is 20.8 Å². The second-order valence-corrected chi connectivity index (χ2v) is 5.70. The van der Waals surface area contributed by atoms with Crippen LogP contribution in [0.3, 0.4) is 0 Å². The summed E-state index contributed by atoms with van der Waals surface area (Å²) < 4.78 is 5.43. The van der Waals surface area contributed by atoms with E-state index in [2.05, 4.69) is 10.3 Å². The van der Waals surface area contributed by atoms with Crippen molar-refractivity contribution in [2.75, 3.05) is 5.32 Å². The third kappa shape index (κ3) is 3.09. The SMILES string of the molecule is Cc1nc2ccc(NC(=O)CC(C)(C)C)cc2o1. The van der Waals surface area contributed by atoms with Gasteiger partial charge in [-0.25, -0.2) is 4.98 Å². The Labute approximate surface area is 106 Å². The standard InChI is InChI=1S/C14H18N2O2/c1-9-15-11-6-5-10(7-12(11)18-9)16-13(17)8-14(2,3)4/h5-7H,8H2,1-4H3,(H,16,17). The summed E-state index contributed by atoms with van der Waals surface area (Å²) in [6, 6.07) is 5.49. The molecule has 4 nitrogen and oxygen atoms in total. The minimum atomic E-state index is -0.0169. The Morgan fingerprint density at radius 1 is 1.39 bits per heavy atom. The summed E-state index contributed by atoms with van der Waals surface area (Å²) in [4.78, 5) is 16.0. The van der Waals surface area contributed by atoms with Crippen molar-refractivity contribution in [2.24, 2.45) is 5.41 Å². The summed E-state index contributed by atoms with van der Waals surface area (Å²) >= 11 is 0. The zero-order valence-electron chi connectivity index (χ0n) is 11.2. The molecule has 1 heterocycles. The van der Waals surface area contributed by atoms with E-state index in [9.17, 15) is 4.79 Å². The molecule has 0 aliphatic carbocycles. The van der Waals surface area contributed by atoms with E-state index in [0.717, 1.165) is 11.2 Å². The highest BCUT2D eigenvalue weighted by molar-refractivity contribution is 5.93. The number of benzene rings is 1. The van der Waals surface area contributed by atoms with Gasteiger partial charge in [-0.05, 0) is 17.5 Å². The maximum Gasteiger partial charge on any atom is 0.224 e. The summed E-state index contributed by atoms with van der Waals surface area (Å²) in [6.07, 6.45) is 0.487. The minimum Gasteiger partial charge on any atom is -0.441 e. The van der Waals surface area contributed by atoms with Crippen molar-refractivity contribution in [3.05, 3.63) is 24.1 Å². The first-order valence-electron chi connectivity index (χ1n) is 6.00. The van der Waals surface area contributed by atoms with Gasteiger partial charge in [0, 0.05) is 25.1 Å². The zero-order chi connectivity index (χ0) is 13.3. The van der Waals surface area contributed by atoms with E-state index in [4.69, 9.17) is 4.42 Å². The van der Waals surface area contributed by atoms with Crippen molar-refractivity contribution in [3.8, 4) is 0 Å². The molecule has 0 aliphatic heterocycles. The molecule has 0 unspecified atom stereocenters. The molecule has 18 heavy (non-hydrogen) atoms. The lowest BCUT2D eigenvalue weighted by Crippen LogP contribution is -2.19. The Morgan fingerprint density at radius 2 is 2.11 bits per heavy atom. The second-order valence-electron chi connectivity index (χ2n) is 5.70. The van der Waals surface area contributed by atoms with Crippen molar-refractivity contribution >= 4 is 22.7 Å². The van der Waals surface area contributed by atoms with E-state index >= 15 is 0 Å². The maximum absolute atomic E-state index is 11.8. The van der Waals surface area contributed by atoms with Crippen LogP contribution in [-0.4, -0.2) is 10.9 Å².